The van der Waals surface area contributed by atoms with Gasteiger partial charge in [-0.3, -0.25) is 27.8 Å². The molecule has 1 aliphatic heterocycles. The SMILES string of the molecule is COc1cc(N=Nc2ccc(S(=O)(=O)O)c3cc(S(=O)(=O)O)cc(O)c23)c(C)cc1N=Nc1c(S(=O)(=O)O)cc2c(Cl)c(N=NC3C(=O)N(c4ccc(S(=O)(=O)O)cc4)N=C3C(N)=O)ccc2c1O. The summed E-state index contributed by atoms with van der Waals surface area (Å²) in [5.41, 5.74) is 3.77. The number of hydrogen-bond donors (Lipinski definition) is 7. The molecule has 8 N–H and O–H groups in total. The summed E-state index contributed by atoms with van der Waals surface area (Å²) in [7, 11) is -18.6. The van der Waals surface area contributed by atoms with E-state index in [-0.39, 0.29) is 60.9 Å². The van der Waals surface area contributed by atoms with Crippen molar-refractivity contribution in [1.82, 2.24) is 0 Å². The highest BCUT2D eigenvalue weighted by Gasteiger charge is 2.40. The van der Waals surface area contributed by atoms with Crippen molar-refractivity contribution in [3.05, 3.63) is 89.4 Å². The lowest BCUT2D eigenvalue weighted by atomic mass is 10.1. The molecule has 0 radical (unpaired) electrons. The smallest absolute Gasteiger partial charge is 0.296 e. The number of phenols is 2. The van der Waals surface area contributed by atoms with E-state index in [9.17, 15) is 71.7 Å². The van der Waals surface area contributed by atoms with Gasteiger partial charge < -0.3 is 20.7 Å². The Labute approximate surface area is 392 Å². The minimum absolute atomic E-state index is 0.0476. The van der Waals surface area contributed by atoms with Crippen LogP contribution in [0, 0.1) is 6.92 Å². The second-order valence-corrected chi connectivity index (χ2v) is 20.2. The van der Waals surface area contributed by atoms with Gasteiger partial charge in [0, 0.05) is 28.3 Å². The van der Waals surface area contributed by atoms with Crippen molar-refractivity contribution in [3.8, 4) is 17.2 Å². The van der Waals surface area contributed by atoms with Crippen LogP contribution in [0.4, 0.5) is 34.1 Å². The first-order valence-corrected chi connectivity index (χ1v) is 24.7. The molecule has 0 aliphatic carbocycles. The topological polar surface area (TPSA) is 417 Å². The largest absolute Gasteiger partial charge is 0.507 e. The molecular weight excluding hydrogens is 1020 g/mol. The number of benzene rings is 6. The molecule has 31 heteroatoms. The van der Waals surface area contributed by atoms with Crippen molar-refractivity contribution in [2.24, 2.45) is 41.5 Å². The Balaban J connectivity index is 1.22. The van der Waals surface area contributed by atoms with Gasteiger partial charge in [0.05, 0.1) is 44.4 Å². The number of rotatable bonds is 13. The lowest BCUT2D eigenvalue weighted by Crippen LogP contribution is -2.35. The number of primary amides is 1. The van der Waals surface area contributed by atoms with Crippen molar-refractivity contribution in [1.29, 1.82) is 0 Å². The zero-order chi connectivity index (χ0) is 50.7. The molecule has 1 aliphatic rings. The van der Waals surface area contributed by atoms with E-state index in [0.717, 1.165) is 42.5 Å². The first-order chi connectivity index (χ1) is 32.1. The number of fused-ring (bicyclic) bond motifs is 2. The van der Waals surface area contributed by atoms with Gasteiger partial charge in [0.25, 0.3) is 52.3 Å². The third-order valence-corrected chi connectivity index (χ3v) is 13.7. The third kappa shape index (κ3) is 9.81. The molecule has 0 saturated carbocycles. The minimum atomic E-state index is -5.24. The lowest BCUT2D eigenvalue weighted by molar-refractivity contribution is -0.118. The van der Waals surface area contributed by atoms with Gasteiger partial charge in [0.15, 0.2) is 11.5 Å². The van der Waals surface area contributed by atoms with Crippen LogP contribution in [0.2, 0.25) is 5.02 Å². The number of anilines is 1. The molecule has 0 bridgehead atoms. The summed E-state index contributed by atoms with van der Waals surface area (Å²) < 4.78 is 140. The molecule has 1 atom stereocenters. The monoisotopic (exact) mass is 1050 g/mol. The van der Waals surface area contributed by atoms with Gasteiger partial charge in [-0.2, -0.15) is 59.1 Å². The second kappa shape index (κ2) is 17.9. The number of hydrazone groups is 1. The molecule has 0 saturated heterocycles. The predicted octanol–water partition coefficient (Wildman–Crippen LogP) is 6.53. The number of carbonyl (C=O) groups is 2. The van der Waals surface area contributed by atoms with Gasteiger partial charge in [-0.15, -0.1) is 15.3 Å². The number of nitrogens with two attached hydrogens (primary N) is 1. The number of aryl methyl sites for hydroxylation is 1. The van der Waals surface area contributed by atoms with E-state index in [2.05, 4.69) is 35.8 Å². The number of amides is 2. The second-order valence-electron chi connectivity index (χ2n) is 14.2. The Kier molecular flexibility index (Phi) is 12.8. The van der Waals surface area contributed by atoms with Crippen LogP contribution in [0.25, 0.3) is 21.5 Å². The van der Waals surface area contributed by atoms with Gasteiger partial charge in [0.2, 0.25) is 6.04 Å². The first kappa shape index (κ1) is 49.5. The molecule has 0 fully saturated rings. The Morgan fingerprint density at radius 2 is 1.29 bits per heavy atom. The molecule has 1 unspecified atom stereocenters. The zero-order valence-corrected chi connectivity index (χ0v) is 38.4. The number of hydrogen-bond acceptors (Lipinski definition) is 20. The molecule has 6 aromatic carbocycles. The Morgan fingerprint density at radius 1 is 0.681 bits per heavy atom. The van der Waals surface area contributed by atoms with Crippen LogP contribution in [0.5, 0.6) is 17.2 Å². The Morgan fingerprint density at radius 3 is 1.88 bits per heavy atom. The number of methoxy groups -OCH3 is 1. The summed E-state index contributed by atoms with van der Waals surface area (Å²) >= 11 is 6.59. The van der Waals surface area contributed by atoms with E-state index in [1.54, 1.807) is 0 Å². The molecular formula is C38H28ClN9O17S4. The molecule has 0 spiro atoms. The fourth-order valence-corrected chi connectivity index (χ4v) is 9.20. The molecule has 2 amide bonds. The van der Waals surface area contributed by atoms with Crippen LogP contribution in [-0.4, -0.2) is 92.8 Å². The van der Waals surface area contributed by atoms with Crippen LogP contribution in [0.3, 0.4) is 0 Å². The fraction of sp³-hybridized carbons (Fsp3) is 0.0789. The number of ether oxygens (including phenoxy) is 1. The average molecular weight is 1050 g/mol. The van der Waals surface area contributed by atoms with Crippen molar-refractivity contribution >= 4 is 125 Å². The lowest BCUT2D eigenvalue weighted by Gasteiger charge is -2.13. The predicted molar refractivity (Wildman–Crippen MR) is 240 cm³/mol. The van der Waals surface area contributed by atoms with Gasteiger partial charge >= 0.3 is 0 Å². The van der Waals surface area contributed by atoms with E-state index in [1.165, 1.54) is 38.3 Å². The van der Waals surface area contributed by atoms with Crippen LogP contribution in [-0.2, 0) is 50.1 Å². The molecule has 0 aromatic heterocycles. The maximum absolute atomic E-state index is 13.3. The van der Waals surface area contributed by atoms with Gasteiger partial charge in [-0.25, -0.2) is 0 Å². The van der Waals surface area contributed by atoms with Crippen molar-refractivity contribution in [2.45, 2.75) is 32.5 Å². The quantitative estimate of drug-likeness (QED) is 0.0477. The number of halogens is 1. The molecule has 1 heterocycles. The molecule has 26 nitrogen and oxygen atoms in total. The highest BCUT2D eigenvalue weighted by Crippen LogP contribution is 2.47. The Hall–Kier alpha value is -7.42. The summed E-state index contributed by atoms with van der Waals surface area (Å²) in [4.78, 5) is 22.4. The molecule has 6 aromatic rings. The van der Waals surface area contributed by atoms with Crippen LogP contribution in [0.15, 0.2) is 134 Å². The number of phenolic OH excluding ortho intramolecular Hbond substituents is 2. The summed E-state index contributed by atoms with van der Waals surface area (Å²) in [6.07, 6.45) is 0. The summed E-state index contributed by atoms with van der Waals surface area (Å²) in [5.74, 6) is -3.96. The standard InChI is InChI=1S/C38H28ClN9O17S4/c1-16-11-26(28(65-2)15-25(16)43-41-23-9-10-29(68(59,60)61)22-12-19(67(56,57)58)13-27(49)31(22)23)44-45-33-30(69(62,63)64)14-21-20(36(33)50)7-8-24(32(21)39)42-46-35-34(37(40)51)47-48(38(35)52)17-3-5-18(6-4-17)66(53,54)55/h3-15,35,49-50H,1-2H3,(H2,40,51)(H,53,54,55)(H,56,57,58)(H,59,60,61)(H,62,63,64). The highest BCUT2D eigenvalue weighted by molar-refractivity contribution is 7.86. The molecule has 69 heavy (non-hydrogen) atoms. The molecule has 7 rings (SSSR count). The zero-order valence-electron chi connectivity index (χ0n) is 34.4. The van der Waals surface area contributed by atoms with Crippen molar-refractivity contribution < 1.29 is 76.4 Å². The van der Waals surface area contributed by atoms with Gasteiger partial charge in [-0.05, 0) is 79.2 Å². The van der Waals surface area contributed by atoms with Crippen LogP contribution < -0.4 is 15.5 Å². The number of carbonyl (C=O) groups excluding carboxylic acids is 2. The van der Waals surface area contributed by atoms with E-state index >= 15 is 0 Å². The Bertz CT molecular complexity index is 3830. The van der Waals surface area contributed by atoms with Crippen molar-refractivity contribution in [3.63, 3.8) is 0 Å². The minimum Gasteiger partial charge on any atom is -0.507 e. The van der Waals surface area contributed by atoms with E-state index in [4.69, 9.17) is 22.1 Å². The van der Waals surface area contributed by atoms with Gasteiger partial charge in [-0.1, -0.05) is 11.6 Å². The third-order valence-electron chi connectivity index (χ3n) is 9.85. The van der Waals surface area contributed by atoms with Gasteiger partial charge in [0.1, 0.15) is 38.4 Å². The maximum atomic E-state index is 13.3. The van der Waals surface area contributed by atoms with Crippen LogP contribution >= 0.6 is 11.6 Å². The fourth-order valence-electron chi connectivity index (χ4n) is 6.61. The highest BCUT2D eigenvalue weighted by atomic mass is 35.5. The average Bonchev–Trinajstić information content (AvgIpc) is 3.59. The van der Waals surface area contributed by atoms with Crippen molar-refractivity contribution in [2.75, 3.05) is 12.1 Å². The first-order valence-electron chi connectivity index (χ1n) is 18.5. The van der Waals surface area contributed by atoms with E-state index < -0.39 is 106 Å². The summed E-state index contributed by atoms with van der Waals surface area (Å²) in [6, 6.07) is 11.4. The van der Waals surface area contributed by atoms with E-state index in [0.29, 0.717) is 17.1 Å². The number of azo groups is 3. The number of aromatic hydroxyl groups is 2. The van der Waals surface area contributed by atoms with E-state index in [1.807, 2.05) is 0 Å². The maximum Gasteiger partial charge on any atom is 0.296 e. The van der Waals surface area contributed by atoms with Crippen LogP contribution in [0.1, 0.15) is 5.56 Å². The summed E-state index contributed by atoms with van der Waals surface area (Å²) in [6.45, 7) is 1.50. The molecule has 358 valence electrons. The summed E-state index contributed by atoms with van der Waals surface area (Å²) in [5, 5.41) is 48.8. The number of nitrogens with zero attached hydrogens (tertiary/aromatic N) is 8. The normalized spacial score (nSPS) is 15.1.